The number of cyclic esters (lactones) is 1. The van der Waals surface area contributed by atoms with E-state index in [1.54, 1.807) is 13.8 Å². The second-order valence-electron chi connectivity index (χ2n) is 5.51. The van der Waals surface area contributed by atoms with Gasteiger partial charge in [0, 0.05) is 14.2 Å². The van der Waals surface area contributed by atoms with Gasteiger partial charge in [0.05, 0.1) is 13.0 Å². The average Bonchev–Trinajstić information content (AvgIpc) is 2.47. The lowest BCUT2D eigenvalue weighted by Crippen LogP contribution is -2.66. The van der Waals surface area contributed by atoms with Crippen molar-refractivity contribution < 1.29 is 43.5 Å². The fourth-order valence-corrected chi connectivity index (χ4v) is 2.37. The Balaban J connectivity index is 2.16. The molecule has 0 aromatic heterocycles. The third kappa shape index (κ3) is 2.53. The van der Waals surface area contributed by atoms with Crippen LogP contribution in [0.2, 0.25) is 0 Å². The van der Waals surface area contributed by atoms with Gasteiger partial charge in [-0.15, -0.1) is 0 Å². The third-order valence-corrected chi connectivity index (χ3v) is 4.24. The SMILES string of the molecule is CO[C@]1(C)OC[C@@H](C2CC(=O)C(O)(O)C(=O)O2)O[C@@]1(C)OC. The van der Waals surface area contributed by atoms with Gasteiger partial charge in [-0.25, -0.2) is 4.79 Å². The van der Waals surface area contributed by atoms with Gasteiger partial charge in [-0.05, 0) is 13.8 Å². The maximum absolute atomic E-state index is 11.6. The summed E-state index contributed by atoms with van der Waals surface area (Å²) in [4.78, 5) is 23.1. The van der Waals surface area contributed by atoms with Gasteiger partial charge in [-0.2, -0.15) is 0 Å². The predicted octanol–water partition coefficient (Wildman–Crippen LogP) is -1.31. The molecule has 2 rings (SSSR count). The fraction of sp³-hybridized carbons (Fsp3) is 0.846. The number of methoxy groups -OCH3 is 2. The zero-order chi connectivity index (χ0) is 16.8. The van der Waals surface area contributed by atoms with Crippen molar-refractivity contribution in [3.63, 3.8) is 0 Å². The largest absolute Gasteiger partial charge is 0.455 e. The van der Waals surface area contributed by atoms with E-state index in [0.717, 1.165) is 0 Å². The molecular weight excluding hydrogens is 300 g/mol. The van der Waals surface area contributed by atoms with E-state index in [1.165, 1.54) is 14.2 Å². The molecule has 22 heavy (non-hydrogen) atoms. The first kappa shape index (κ1) is 17.3. The first-order valence-corrected chi connectivity index (χ1v) is 6.71. The van der Waals surface area contributed by atoms with Crippen molar-refractivity contribution >= 4 is 11.8 Å². The van der Waals surface area contributed by atoms with E-state index in [2.05, 4.69) is 0 Å². The maximum Gasteiger partial charge on any atom is 0.375 e. The minimum Gasteiger partial charge on any atom is -0.455 e. The van der Waals surface area contributed by atoms with Crippen LogP contribution < -0.4 is 0 Å². The summed E-state index contributed by atoms with van der Waals surface area (Å²) in [5.74, 6) is -8.11. The molecule has 0 aromatic rings. The third-order valence-electron chi connectivity index (χ3n) is 4.24. The van der Waals surface area contributed by atoms with Crippen molar-refractivity contribution in [2.24, 2.45) is 0 Å². The highest BCUT2D eigenvalue weighted by Crippen LogP contribution is 2.38. The molecule has 0 radical (unpaired) electrons. The number of ether oxygens (including phenoxy) is 5. The van der Waals surface area contributed by atoms with Crippen LogP contribution in [0.4, 0.5) is 0 Å². The van der Waals surface area contributed by atoms with Gasteiger partial charge in [0.15, 0.2) is 0 Å². The molecule has 2 aliphatic heterocycles. The van der Waals surface area contributed by atoms with E-state index in [9.17, 15) is 19.8 Å². The molecule has 9 nitrogen and oxygen atoms in total. The van der Waals surface area contributed by atoms with E-state index in [1.807, 2.05) is 0 Å². The molecule has 0 amide bonds. The summed E-state index contributed by atoms with van der Waals surface area (Å²) in [6.45, 7) is 3.17. The van der Waals surface area contributed by atoms with Crippen LogP contribution in [-0.4, -0.2) is 72.4 Å². The molecule has 0 saturated carbocycles. The van der Waals surface area contributed by atoms with Crippen LogP contribution in [0.3, 0.4) is 0 Å². The number of aliphatic hydroxyl groups is 2. The molecule has 1 unspecified atom stereocenters. The topological polar surface area (TPSA) is 121 Å². The summed E-state index contributed by atoms with van der Waals surface area (Å²) in [6.07, 6.45) is -2.24. The van der Waals surface area contributed by atoms with Crippen molar-refractivity contribution in [1.29, 1.82) is 0 Å². The molecule has 2 aliphatic rings. The Labute approximate surface area is 127 Å². The van der Waals surface area contributed by atoms with Crippen LogP contribution in [0.15, 0.2) is 0 Å². The monoisotopic (exact) mass is 320 g/mol. The molecule has 0 aliphatic carbocycles. The number of esters is 1. The van der Waals surface area contributed by atoms with Gasteiger partial charge >= 0.3 is 11.8 Å². The number of hydrogen-bond donors (Lipinski definition) is 2. The Morgan fingerprint density at radius 3 is 2.18 bits per heavy atom. The van der Waals surface area contributed by atoms with Crippen LogP contribution in [0.25, 0.3) is 0 Å². The molecule has 0 aromatic carbocycles. The summed E-state index contributed by atoms with van der Waals surface area (Å²) < 4.78 is 26.8. The van der Waals surface area contributed by atoms with Gasteiger partial charge in [0.1, 0.15) is 12.2 Å². The maximum atomic E-state index is 11.6. The van der Waals surface area contributed by atoms with Gasteiger partial charge < -0.3 is 33.9 Å². The predicted molar refractivity (Wildman–Crippen MR) is 68.3 cm³/mol. The molecule has 0 spiro atoms. The van der Waals surface area contributed by atoms with Crippen molar-refractivity contribution in [2.45, 2.75) is 49.8 Å². The van der Waals surface area contributed by atoms with Gasteiger partial charge in [0.2, 0.25) is 17.4 Å². The van der Waals surface area contributed by atoms with E-state index in [-0.39, 0.29) is 6.61 Å². The second-order valence-corrected chi connectivity index (χ2v) is 5.51. The lowest BCUT2D eigenvalue weighted by Gasteiger charge is -2.50. The first-order valence-electron chi connectivity index (χ1n) is 6.71. The number of rotatable bonds is 3. The van der Waals surface area contributed by atoms with E-state index >= 15 is 0 Å². The standard InChI is InChI=1S/C13H20O9/c1-11(18-3)12(2,19-4)22-8(6-20-11)7-5-9(14)13(16,17)10(15)21-7/h7-8,16-17H,5-6H2,1-4H3/t7?,8-,11+,12+/m0/s1. The first-order chi connectivity index (χ1) is 10.1. The van der Waals surface area contributed by atoms with Gasteiger partial charge in [-0.1, -0.05) is 0 Å². The molecule has 2 fully saturated rings. The Morgan fingerprint density at radius 1 is 1.09 bits per heavy atom. The number of carbonyl (C=O) groups excluding carboxylic acids is 2. The summed E-state index contributed by atoms with van der Waals surface area (Å²) in [6, 6.07) is 0. The van der Waals surface area contributed by atoms with E-state index < -0.39 is 47.7 Å². The molecule has 4 atom stereocenters. The van der Waals surface area contributed by atoms with Crippen molar-refractivity contribution in [3.05, 3.63) is 0 Å². The lowest BCUT2D eigenvalue weighted by atomic mass is 9.97. The molecule has 2 saturated heterocycles. The quantitative estimate of drug-likeness (QED) is 0.371. The lowest BCUT2D eigenvalue weighted by molar-refractivity contribution is -0.437. The van der Waals surface area contributed by atoms with Crippen LogP contribution >= 0.6 is 0 Å². The molecule has 0 bridgehead atoms. The number of ketones is 1. The number of carbonyl (C=O) groups is 2. The smallest absolute Gasteiger partial charge is 0.375 e. The normalized spacial score (nSPS) is 42.1. The Morgan fingerprint density at radius 2 is 1.68 bits per heavy atom. The van der Waals surface area contributed by atoms with Crippen LogP contribution in [0, 0.1) is 0 Å². The Hall–Kier alpha value is -1.10. The molecule has 2 N–H and O–H groups in total. The van der Waals surface area contributed by atoms with E-state index in [0.29, 0.717) is 0 Å². The second kappa shape index (κ2) is 5.52. The summed E-state index contributed by atoms with van der Waals surface area (Å²) in [5, 5.41) is 18.6. The highest BCUT2D eigenvalue weighted by Gasteiger charge is 2.58. The summed E-state index contributed by atoms with van der Waals surface area (Å²) in [5.41, 5.74) is 0. The molecular formula is C13H20O9. The molecule has 9 heteroatoms. The Kier molecular flexibility index (Phi) is 4.33. The zero-order valence-electron chi connectivity index (χ0n) is 12.8. The van der Waals surface area contributed by atoms with Crippen LogP contribution in [0.1, 0.15) is 20.3 Å². The molecule has 2 heterocycles. The number of hydrogen-bond acceptors (Lipinski definition) is 9. The average molecular weight is 320 g/mol. The Bertz CT molecular complexity index is 456. The summed E-state index contributed by atoms with van der Waals surface area (Å²) >= 11 is 0. The highest BCUT2D eigenvalue weighted by molar-refractivity contribution is 6.06. The van der Waals surface area contributed by atoms with Crippen molar-refractivity contribution in [3.8, 4) is 0 Å². The fourth-order valence-electron chi connectivity index (χ4n) is 2.37. The summed E-state index contributed by atoms with van der Waals surface area (Å²) in [7, 11) is 2.82. The number of Topliss-reactive ketones (excluding diaryl/α,β-unsaturated/α-hetero) is 1. The van der Waals surface area contributed by atoms with Gasteiger partial charge in [-0.3, -0.25) is 4.79 Å². The zero-order valence-corrected chi connectivity index (χ0v) is 12.8. The van der Waals surface area contributed by atoms with Crippen LogP contribution in [-0.2, 0) is 33.3 Å². The minimum absolute atomic E-state index is 0.0294. The molecule has 126 valence electrons. The van der Waals surface area contributed by atoms with Crippen molar-refractivity contribution in [1.82, 2.24) is 0 Å². The minimum atomic E-state index is -3.11. The van der Waals surface area contributed by atoms with E-state index in [4.69, 9.17) is 23.7 Å². The van der Waals surface area contributed by atoms with Crippen molar-refractivity contribution in [2.75, 3.05) is 20.8 Å². The van der Waals surface area contributed by atoms with Crippen LogP contribution in [0.5, 0.6) is 0 Å². The highest BCUT2D eigenvalue weighted by atomic mass is 16.8. The van der Waals surface area contributed by atoms with Gasteiger partial charge in [0.25, 0.3) is 0 Å².